The van der Waals surface area contributed by atoms with Crippen molar-refractivity contribution in [3.05, 3.63) is 52.8 Å². The molecule has 0 aliphatic heterocycles. The van der Waals surface area contributed by atoms with Crippen LogP contribution >= 0.6 is 0 Å². The van der Waals surface area contributed by atoms with Gasteiger partial charge < -0.3 is 10.5 Å². The maximum atomic E-state index is 13.3. The molecule has 0 radical (unpaired) electrons. The first-order valence-electron chi connectivity index (χ1n) is 6.21. The van der Waals surface area contributed by atoms with Crippen LogP contribution in [0, 0.1) is 19.7 Å². The second kappa shape index (κ2) is 5.41. The minimum atomic E-state index is -0.202. The summed E-state index contributed by atoms with van der Waals surface area (Å²) in [4.78, 5) is 0. The van der Waals surface area contributed by atoms with Crippen LogP contribution in [0.1, 0.15) is 16.7 Å². The molecule has 0 heterocycles. The Morgan fingerprint density at radius 3 is 2.26 bits per heavy atom. The molecule has 0 bridgehead atoms. The predicted molar refractivity (Wildman–Crippen MR) is 75.8 cm³/mol. The predicted octanol–water partition coefficient (Wildman–Crippen LogP) is 3.58. The standard InChI is InChI=1S/C16H18FNO/c1-10-6-14(17)7-11(2)16(10)12-4-5-15(19-3)13(8-12)9-18/h4-8H,9,18H2,1-3H3. The van der Waals surface area contributed by atoms with Gasteiger partial charge in [0.15, 0.2) is 0 Å². The van der Waals surface area contributed by atoms with Crippen LogP contribution < -0.4 is 10.5 Å². The fourth-order valence-corrected chi connectivity index (χ4v) is 2.46. The molecule has 2 aromatic rings. The minimum Gasteiger partial charge on any atom is -0.496 e. The van der Waals surface area contributed by atoms with Crippen molar-refractivity contribution in [2.45, 2.75) is 20.4 Å². The Hall–Kier alpha value is -1.87. The maximum absolute atomic E-state index is 13.3. The molecule has 0 unspecified atom stereocenters. The summed E-state index contributed by atoms with van der Waals surface area (Å²) in [6.45, 7) is 4.24. The molecule has 0 saturated heterocycles. The fourth-order valence-electron chi connectivity index (χ4n) is 2.46. The Kier molecular flexibility index (Phi) is 3.86. The quantitative estimate of drug-likeness (QED) is 0.914. The van der Waals surface area contributed by atoms with E-state index in [0.29, 0.717) is 6.54 Å². The molecular weight excluding hydrogens is 241 g/mol. The highest BCUT2D eigenvalue weighted by Crippen LogP contribution is 2.31. The number of halogens is 1. The molecular formula is C16H18FNO. The maximum Gasteiger partial charge on any atom is 0.123 e. The van der Waals surface area contributed by atoms with Gasteiger partial charge in [-0.25, -0.2) is 4.39 Å². The van der Waals surface area contributed by atoms with E-state index in [2.05, 4.69) is 0 Å². The third-order valence-corrected chi connectivity index (χ3v) is 3.29. The smallest absolute Gasteiger partial charge is 0.123 e. The summed E-state index contributed by atoms with van der Waals surface area (Å²) in [7, 11) is 1.63. The molecule has 2 nitrogen and oxygen atoms in total. The first-order chi connectivity index (χ1) is 9.06. The average molecular weight is 259 g/mol. The van der Waals surface area contributed by atoms with Crippen molar-refractivity contribution in [3.8, 4) is 16.9 Å². The number of hydrogen-bond acceptors (Lipinski definition) is 2. The van der Waals surface area contributed by atoms with Gasteiger partial charge in [0.25, 0.3) is 0 Å². The number of benzene rings is 2. The second-order valence-corrected chi connectivity index (χ2v) is 4.65. The Morgan fingerprint density at radius 1 is 1.11 bits per heavy atom. The fraction of sp³-hybridized carbons (Fsp3) is 0.250. The summed E-state index contributed by atoms with van der Waals surface area (Å²) in [6, 6.07) is 8.99. The highest BCUT2D eigenvalue weighted by molar-refractivity contribution is 5.72. The summed E-state index contributed by atoms with van der Waals surface area (Å²) in [5, 5.41) is 0. The molecule has 3 heteroatoms. The molecule has 2 rings (SSSR count). The lowest BCUT2D eigenvalue weighted by atomic mass is 9.94. The number of nitrogens with two attached hydrogens (primary N) is 1. The topological polar surface area (TPSA) is 35.2 Å². The van der Waals surface area contributed by atoms with Gasteiger partial charge in [-0.05, 0) is 60.4 Å². The number of methoxy groups -OCH3 is 1. The van der Waals surface area contributed by atoms with E-state index in [0.717, 1.165) is 33.6 Å². The SMILES string of the molecule is COc1ccc(-c2c(C)cc(F)cc2C)cc1CN. The van der Waals surface area contributed by atoms with E-state index in [1.165, 1.54) is 0 Å². The van der Waals surface area contributed by atoms with Gasteiger partial charge in [-0.1, -0.05) is 6.07 Å². The van der Waals surface area contributed by atoms with Crippen molar-refractivity contribution >= 4 is 0 Å². The first-order valence-corrected chi connectivity index (χ1v) is 6.21. The average Bonchev–Trinajstić information content (AvgIpc) is 2.37. The van der Waals surface area contributed by atoms with Gasteiger partial charge >= 0.3 is 0 Å². The van der Waals surface area contributed by atoms with Crippen LogP contribution in [0.2, 0.25) is 0 Å². The van der Waals surface area contributed by atoms with E-state index in [4.69, 9.17) is 10.5 Å². The highest BCUT2D eigenvalue weighted by atomic mass is 19.1. The lowest BCUT2D eigenvalue weighted by Gasteiger charge is -2.13. The van der Waals surface area contributed by atoms with Crippen molar-refractivity contribution in [2.24, 2.45) is 5.73 Å². The zero-order valence-corrected chi connectivity index (χ0v) is 11.5. The Labute approximate surface area is 113 Å². The Balaban J connectivity index is 2.59. The van der Waals surface area contributed by atoms with Gasteiger partial charge in [0.05, 0.1) is 7.11 Å². The van der Waals surface area contributed by atoms with E-state index < -0.39 is 0 Å². The zero-order chi connectivity index (χ0) is 14.0. The molecule has 0 fully saturated rings. The summed E-state index contributed by atoms with van der Waals surface area (Å²) >= 11 is 0. The van der Waals surface area contributed by atoms with Crippen molar-refractivity contribution in [1.82, 2.24) is 0 Å². The zero-order valence-electron chi connectivity index (χ0n) is 11.5. The molecule has 0 saturated carbocycles. The molecule has 0 aromatic heterocycles. The van der Waals surface area contributed by atoms with Crippen molar-refractivity contribution in [2.75, 3.05) is 7.11 Å². The van der Waals surface area contributed by atoms with Crippen LogP contribution in [0.3, 0.4) is 0 Å². The van der Waals surface area contributed by atoms with E-state index in [1.54, 1.807) is 19.2 Å². The van der Waals surface area contributed by atoms with E-state index in [1.807, 2.05) is 32.0 Å². The Bertz CT molecular complexity index is 585. The lowest BCUT2D eigenvalue weighted by Crippen LogP contribution is -2.00. The third kappa shape index (κ3) is 2.61. The first kappa shape index (κ1) is 13.6. The van der Waals surface area contributed by atoms with Gasteiger partial charge in [0.2, 0.25) is 0 Å². The monoisotopic (exact) mass is 259 g/mol. The molecule has 0 aliphatic rings. The molecule has 0 atom stereocenters. The normalized spacial score (nSPS) is 10.6. The van der Waals surface area contributed by atoms with Crippen LogP contribution in [0.15, 0.2) is 30.3 Å². The van der Waals surface area contributed by atoms with Gasteiger partial charge in [0.1, 0.15) is 11.6 Å². The van der Waals surface area contributed by atoms with Crippen molar-refractivity contribution in [1.29, 1.82) is 0 Å². The van der Waals surface area contributed by atoms with Crippen molar-refractivity contribution in [3.63, 3.8) is 0 Å². The minimum absolute atomic E-state index is 0.202. The van der Waals surface area contributed by atoms with Gasteiger partial charge in [-0.15, -0.1) is 0 Å². The van der Waals surface area contributed by atoms with E-state index in [-0.39, 0.29) is 5.82 Å². The molecule has 0 amide bonds. The largest absolute Gasteiger partial charge is 0.496 e. The van der Waals surface area contributed by atoms with Crippen LogP contribution in [0.5, 0.6) is 5.75 Å². The summed E-state index contributed by atoms with van der Waals surface area (Å²) in [5.74, 6) is 0.579. The molecule has 0 aliphatic carbocycles. The molecule has 2 aromatic carbocycles. The van der Waals surface area contributed by atoms with E-state index in [9.17, 15) is 4.39 Å². The summed E-state index contributed by atoms with van der Waals surface area (Å²) in [5.41, 5.74) is 10.6. The molecule has 0 spiro atoms. The third-order valence-electron chi connectivity index (χ3n) is 3.29. The Morgan fingerprint density at radius 2 is 1.74 bits per heavy atom. The number of rotatable bonds is 3. The van der Waals surface area contributed by atoms with Crippen LogP contribution in [0.25, 0.3) is 11.1 Å². The lowest BCUT2D eigenvalue weighted by molar-refractivity contribution is 0.410. The molecule has 100 valence electrons. The van der Waals surface area contributed by atoms with Crippen LogP contribution in [0.4, 0.5) is 4.39 Å². The second-order valence-electron chi connectivity index (χ2n) is 4.65. The molecule has 19 heavy (non-hydrogen) atoms. The van der Waals surface area contributed by atoms with Crippen LogP contribution in [-0.2, 0) is 6.54 Å². The van der Waals surface area contributed by atoms with Gasteiger partial charge in [0, 0.05) is 12.1 Å². The van der Waals surface area contributed by atoms with E-state index >= 15 is 0 Å². The van der Waals surface area contributed by atoms with Crippen molar-refractivity contribution < 1.29 is 9.13 Å². The number of ether oxygens (including phenoxy) is 1. The van der Waals surface area contributed by atoms with Gasteiger partial charge in [-0.3, -0.25) is 0 Å². The van der Waals surface area contributed by atoms with Crippen LogP contribution in [-0.4, -0.2) is 7.11 Å². The summed E-state index contributed by atoms with van der Waals surface area (Å²) < 4.78 is 18.6. The molecule has 2 N–H and O–H groups in total. The van der Waals surface area contributed by atoms with Gasteiger partial charge in [-0.2, -0.15) is 0 Å². The highest BCUT2D eigenvalue weighted by Gasteiger charge is 2.10. The summed E-state index contributed by atoms with van der Waals surface area (Å²) in [6.07, 6.45) is 0. The number of aryl methyl sites for hydroxylation is 2. The number of hydrogen-bond donors (Lipinski definition) is 1.